The Bertz CT molecular complexity index is 1540. The van der Waals surface area contributed by atoms with E-state index in [1.165, 1.54) is 5.56 Å². The van der Waals surface area contributed by atoms with E-state index >= 15 is 0 Å². The first kappa shape index (κ1) is 23.6. The molecule has 5 aromatic rings. The summed E-state index contributed by atoms with van der Waals surface area (Å²) in [6.07, 6.45) is 3.75. The second-order valence-corrected chi connectivity index (χ2v) is 9.30. The van der Waals surface area contributed by atoms with Crippen molar-refractivity contribution >= 4 is 11.6 Å². The second-order valence-electron chi connectivity index (χ2n) is 9.30. The molecule has 0 unspecified atom stereocenters. The largest absolute Gasteiger partial charge is 0.485 e. The average Bonchev–Trinajstić information content (AvgIpc) is 3.45. The molecule has 0 fully saturated rings. The quantitative estimate of drug-likeness (QED) is 0.254. The van der Waals surface area contributed by atoms with E-state index in [0.717, 1.165) is 28.0 Å². The Kier molecular flexibility index (Phi) is 6.60. The molecule has 0 bridgehead atoms. The van der Waals surface area contributed by atoms with Gasteiger partial charge in [-0.25, -0.2) is 4.68 Å². The minimum Gasteiger partial charge on any atom is -0.485 e. The zero-order chi connectivity index (χ0) is 25.7. The van der Waals surface area contributed by atoms with E-state index in [-0.39, 0.29) is 6.04 Å². The van der Waals surface area contributed by atoms with Gasteiger partial charge in [-0.05, 0) is 47.4 Å². The highest BCUT2D eigenvalue weighted by molar-refractivity contribution is 5.77. The highest BCUT2D eigenvalue weighted by Crippen LogP contribution is 2.37. The summed E-state index contributed by atoms with van der Waals surface area (Å²) >= 11 is 0. The number of anilines is 1. The van der Waals surface area contributed by atoms with Gasteiger partial charge >= 0.3 is 0 Å². The van der Waals surface area contributed by atoms with Crippen molar-refractivity contribution in [2.24, 2.45) is 0 Å². The van der Waals surface area contributed by atoms with Gasteiger partial charge in [-0.2, -0.15) is 10.1 Å². The number of rotatable bonds is 8. The maximum Gasteiger partial charge on any atom is 0.226 e. The first-order chi connectivity index (χ1) is 18.7. The number of aryl methyl sites for hydroxylation is 1. The molecule has 6 rings (SSSR count). The van der Waals surface area contributed by atoms with Crippen LogP contribution in [-0.4, -0.2) is 14.8 Å². The fourth-order valence-electron chi connectivity index (χ4n) is 4.48. The van der Waals surface area contributed by atoms with Crippen LogP contribution in [0.1, 0.15) is 33.9 Å². The fraction of sp³-hybridized carbons (Fsp3) is 0.125. The molecule has 1 aliphatic rings. The summed E-state index contributed by atoms with van der Waals surface area (Å²) in [7, 11) is 0. The van der Waals surface area contributed by atoms with Gasteiger partial charge in [0.2, 0.25) is 5.95 Å². The zero-order valence-electron chi connectivity index (χ0n) is 21.1. The molecule has 2 heterocycles. The lowest BCUT2D eigenvalue weighted by molar-refractivity contribution is 0.255. The molecule has 1 N–H and O–H groups in total. The number of hydrogen-bond donors (Lipinski definition) is 1. The molecule has 1 atom stereocenters. The number of aromatic nitrogens is 3. The third kappa shape index (κ3) is 5.15. The van der Waals surface area contributed by atoms with Crippen LogP contribution in [0.2, 0.25) is 0 Å². The molecule has 0 amide bonds. The highest BCUT2D eigenvalue weighted by atomic mass is 16.5. The van der Waals surface area contributed by atoms with Crippen molar-refractivity contribution in [1.82, 2.24) is 14.8 Å². The van der Waals surface area contributed by atoms with Crippen molar-refractivity contribution in [1.29, 1.82) is 0 Å². The molecule has 4 aromatic carbocycles. The molecule has 38 heavy (non-hydrogen) atoms. The standard InChI is InChI=1S/C32H28N4O2/c1-23-12-14-26(15-13-23)28-19-29(36-32(35-28)33-22-34-36)27-16-17-30(37-20-24-8-4-2-5-9-24)31(18-27)38-21-25-10-6-3-7-11-25/h2-19,22,29H,20-21H2,1H3,(H,33,34,35)/t29-/m1/s1. The number of allylic oxidation sites excluding steroid dienone is 1. The molecule has 0 saturated heterocycles. The van der Waals surface area contributed by atoms with E-state index < -0.39 is 0 Å². The molecular formula is C32H28N4O2. The summed E-state index contributed by atoms with van der Waals surface area (Å²) in [5, 5.41) is 7.92. The summed E-state index contributed by atoms with van der Waals surface area (Å²) in [5.41, 5.74) is 6.52. The van der Waals surface area contributed by atoms with Gasteiger partial charge in [0.05, 0.1) is 0 Å². The summed E-state index contributed by atoms with van der Waals surface area (Å²) in [6, 6.07) is 34.7. The van der Waals surface area contributed by atoms with Crippen LogP contribution in [-0.2, 0) is 13.2 Å². The molecule has 1 aromatic heterocycles. The summed E-state index contributed by atoms with van der Waals surface area (Å²) in [6.45, 7) is 2.99. The van der Waals surface area contributed by atoms with Gasteiger partial charge in [-0.15, -0.1) is 0 Å². The Hall–Kier alpha value is -4.84. The summed E-state index contributed by atoms with van der Waals surface area (Å²) in [4.78, 5) is 4.45. The molecule has 188 valence electrons. The van der Waals surface area contributed by atoms with Gasteiger partial charge in [0.1, 0.15) is 25.6 Å². The maximum absolute atomic E-state index is 6.33. The van der Waals surface area contributed by atoms with Crippen LogP contribution in [0.4, 0.5) is 5.95 Å². The van der Waals surface area contributed by atoms with Crippen molar-refractivity contribution in [2.75, 3.05) is 5.32 Å². The molecule has 6 heteroatoms. The van der Waals surface area contributed by atoms with Crippen LogP contribution >= 0.6 is 0 Å². The molecule has 0 saturated carbocycles. The zero-order valence-corrected chi connectivity index (χ0v) is 21.1. The van der Waals surface area contributed by atoms with Crippen LogP contribution < -0.4 is 14.8 Å². The number of hydrogen-bond acceptors (Lipinski definition) is 5. The normalized spacial score (nSPS) is 14.2. The molecule has 0 radical (unpaired) electrons. The van der Waals surface area contributed by atoms with Crippen molar-refractivity contribution in [3.8, 4) is 11.5 Å². The molecule has 0 spiro atoms. The van der Waals surface area contributed by atoms with E-state index in [2.05, 4.69) is 83.0 Å². The lowest BCUT2D eigenvalue weighted by Gasteiger charge is -2.25. The van der Waals surface area contributed by atoms with Crippen molar-refractivity contribution in [3.05, 3.63) is 143 Å². The molecule has 1 aliphatic heterocycles. The van der Waals surface area contributed by atoms with Gasteiger partial charge in [0.25, 0.3) is 0 Å². The van der Waals surface area contributed by atoms with Gasteiger partial charge in [0, 0.05) is 5.70 Å². The van der Waals surface area contributed by atoms with Crippen molar-refractivity contribution in [3.63, 3.8) is 0 Å². The first-order valence-corrected chi connectivity index (χ1v) is 12.7. The minimum absolute atomic E-state index is 0.160. The van der Waals surface area contributed by atoms with Crippen LogP contribution in [0.15, 0.2) is 116 Å². The van der Waals surface area contributed by atoms with E-state index in [9.17, 15) is 0 Å². The Morgan fingerprint density at radius 3 is 2.11 bits per heavy atom. The SMILES string of the molecule is Cc1ccc(C2=C[C@H](c3ccc(OCc4ccccc4)c(OCc4ccccc4)c3)n3ncnc3N2)cc1. The summed E-state index contributed by atoms with van der Waals surface area (Å²) < 4.78 is 14.4. The lowest BCUT2D eigenvalue weighted by Crippen LogP contribution is -2.20. The smallest absolute Gasteiger partial charge is 0.226 e. The molecule has 0 aliphatic carbocycles. The Labute approximate surface area is 222 Å². The number of nitrogens with zero attached hydrogens (tertiary/aromatic N) is 3. The third-order valence-corrected chi connectivity index (χ3v) is 6.55. The van der Waals surface area contributed by atoms with E-state index in [4.69, 9.17) is 9.47 Å². The van der Waals surface area contributed by atoms with Gasteiger partial charge < -0.3 is 14.8 Å². The van der Waals surface area contributed by atoms with Crippen molar-refractivity contribution < 1.29 is 9.47 Å². The maximum atomic E-state index is 6.33. The van der Waals surface area contributed by atoms with E-state index in [1.807, 2.05) is 53.2 Å². The van der Waals surface area contributed by atoms with Crippen molar-refractivity contribution in [2.45, 2.75) is 26.2 Å². The number of fused-ring (bicyclic) bond motifs is 1. The second kappa shape index (κ2) is 10.6. The van der Waals surface area contributed by atoms with Gasteiger partial charge in [-0.1, -0.05) is 96.6 Å². The minimum atomic E-state index is -0.160. The van der Waals surface area contributed by atoms with Crippen LogP contribution in [0.3, 0.4) is 0 Å². The Balaban J connectivity index is 1.34. The summed E-state index contributed by atoms with van der Waals surface area (Å²) in [5.74, 6) is 2.08. The van der Waals surface area contributed by atoms with Gasteiger partial charge in [0.15, 0.2) is 11.5 Å². The fourth-order valence-corrected chi connectivity index (χ4v) is 4.48. The monoisotopic (exact) mass is 500 g/mol. The molecule has 6 nitrogen and oxygen atoms in total. The van der Waals surface area contributed by atoms with Crippen LogP contribution in [0, 0.1) is 6.92 Å². The highest BCUT2D eigenvalue weighted by Gasteiger charge is 2.24. The predicted molar refractivity (Wildman–Crippen MR) is 149 cm³/mol. The number of nitrogens with one attached hydrogen (secondary N) is 1. The van der Waals surface area contributed by atoms with E-state index in [0.29, 0.717) is 30.7 Å². The predicted octanol–water partition coefficient (Wildman–Crippen LogP) is 6.80. The van der Waals surface area contributed by atoms with Gasteiger partial charge in [-0.3, -0.25) is 0 Å². The Morgan fingerprint density at radius 2 is 1.42 bits per heavy atom. The first-order valence-electron chi connectivity index (χ1n) is 12.7. The van der Waals surface area contributed by atoms with E-state index in [1.54, 1.807) is 6.33 Å². The van der Waals surface area contributed by atoms with Crippen LogP contribution in [0.5, 0.6) is 11.5 Å². The lowest BCUT2D eigenvalue weighted by atomic mass is 10.0. The topological polar surface area (TPSA) is 61.2 Å². The average molecular weight is 501 g/mol. The Morgan fingerprint density at radius 1 is 0.763 bits per heavy atom. The number of benzene rings is 4. The third-order valence-electron chi connectivity index (χ3n) is 6.55. The van der Waals surface area contributed by atoms with Crippen LogP contribution in [0.25, 0.3) is 5.70 Å². The number of ether oxygens (including phenoxy) is 2. The molecular weight excluding hydrogens is 472 g/mol.